The van der Waals surface area contributed by atoms with Gasteiger partial charge in [-0.3, -0.25) is 4.90 Å². The summed E-state index contributed by atoms with van der Waals surface area (Å²) in [6.07, 6.45) is 0. The van der Waals surface area contributed by atoms with Gasteiger partial charge in [0.25, 0.3) is 0 Å². The SMILES string of the molecule is CCN(CC(N)=S)Cc1c(F)cccc1F. The van der Waals surface area contributed by atoms with Crippen molar-refractivity contribution >= 4 is 17.2 Å². The fourth-order valence-corrected chi connectivity index (χ4v) is 1.59. The maximum absolute atomic E-state index is 13.4. The molecule has 0 radical (unpaired) electrons. The van der Waals surface area contributed by atoms with Crippen molar-refractivity contribution < 1.29 is 8.78 Å². The average molecular weight is 244 g/mol. The molecule has 0 fully saturated rings. The zero-order valence-corrected chi connectivity index (χ0v) is 9.86. The maximum Gasteiger partial charge on any atom is 0.130 e. The van der Waals surface area contributed by atoms with Crippen molar-refractivity contribution in [1.29, 1.82) is 0 Å². The van der Waals surface area contributed by atoms with Gasteiger partial charge in [-0.05, 0) is 18.7 Å². The van der Waals surface area contributed by atoms with Crippen LogP contribution in [0.5, 0.6) is 0 Å². The Morgan fingerprint density at radius 3 is 2.38 bits per heavy atom. The first-order chi connectivity index (χ1) is 7.54. The second kappa shape index (κ2) is 5.86. The number of benzene rings is 1. The van der Waals surface area contributed by atoms with Crippen molar-refractivity contribution in [3.63, 3.8) is 0 Å². The van der Waals surface area contributed by atoms with E-state index >= 15 is 0 Å². The Labute approximate surface area is 99.0 Å². The molecule has 0 aliphatic carbocycles. The van der Waals surface area contributed by atoms with E-state index in [4.69, 9.17) is 18.0 Å². The Hall–Kier alpha value is -1.07. The maximum atomic E-state index is 13.4. The molecule has 2 N–H and O–H groups in total. The fraction of sp³-hybridized carbons (Fsp3) is 0.364. The van der Waals surface area contributed by atoms with E-state index in [0.717, 1.165) is 0 Å². The minimum absolute atomic E-state index is 0.0561. The van der Waals surface area contributed by atoms with E-state index < -0.39 is 11.6 Å². The molecule has 0 aliphatic heterocycles. The molecule has 1 aromatic rings. The summed E-state index contributed by atoms with van der Waals surface area (Å²) in [6, 6.07) is 3.83. The smallest absolute Gasteiger partial charge is 0.130 e. The summed E-state index contributed by atoms with van der Waals surface area (Å²) in [7, 11) is 0. The summed E-state index contributed by atoms with van der Waals surface area (Å²) in [5.41, 5.74) is 5.46. The third-order valence-corrected chi connectivity index (χ3v) is 2.40. The summed E-state index contributed by atoms with van der Waals surface area (Å²) < 4.78 is 26.7. The van der Waals surface area contributed by atoms with Gasteiger partial charge in [0.05, 0.1) is 4.99 Å². The van der Waals surface area contributed by atoms with Crippen LogP contribution in [-0.2, 0) is 6.54 Å². The van der Waals surface area contributed by atoms with Crippen molar-refractivity contribution in [3.05, 3.63) is 35.4 Å². The molecule has 0 saturated heterocycles. The van der Waals surface area contributed by atoms with Crippen LogP contribution in [0.15, 0.2) is 18.2 Å². The number of rotatable bonds is 5. The van der Waals surface area contributed by atoms with Gasteiger partial charge >= 0.3 is 0 Å². The van der Waals surface area contributed by atoms with Gasteiger partial charge < -0.3 is 5.73 Å². The molecule has 2 nitrogen and oxygen atoms in total. The molecule has 0 amide bonds. The van der Waals surface area contributed by atoms with E-state index in [9.17, 15) is 8.78 Å². The van der Waals surface area contributed by atoms with Gasteiger partial charge in [-0.1, -0.05) is 25.2 Å². The van der Waals surface area contributed by atoms with Gasteiger partial charge in [0, 0.05) is 18.7 Å². The molecule has 0 aromatic heterocycles. The van der Waals surface area contributed by atoms with Crippen LogP contribution >= 0.6 is 12.2 Å². The number of likely N-dealkylation sites (N-methyl/N-ethyl adjacent to an activating group) is 1. The van der Waals surface area contributed by atoms with Crippen LogP contribution in [0.4, 0.5) is 8.78 Å². The molecule has 16 heavy (non-hydrogen) atoms. The summed E-state index contributed by atoms with van der Waals surface area (Å²) in [5, 5.41) is 0. The molecular formula is C11H14F2N2S. The Kier molecular flexibility index (Phi) is 4.76. The van der Waals surface area contributed by atoms with Gasteiger partial charge in [-0.15, -0.1) is 0 Å². The molecule has 0 unspecified atom stereocenters. The number of hydrogen-bond acceptors (Lipinski definition) is 2. The van der Waals surface area contributed by atoms with Crippen molar-refractivity contribution in [2.45, 2.75) is 13.5 Å². The minimum atomic E-state index is -0.540. The monoisotopic (exact) mass is 244 g/mol. The van der Waals surface area contributed by atoms with Gasteiger partial charge in [0.15, 0.2) is 0 Å². The lowest BCUT2D eigenvalue weighted by Crippen LogP contribution is -2.32. The normalized spacial score (nSPS) is 10.8. The highest BCUT2D eigenvalue weighted by atomic mass is 32.1. The first kappa shape index (κ1) is 13.0. The molecule has 1 rings (SSSR count). The van der Waals surface area contributed by atoms with Crippen LogP contribution in [-0.4, -0.2) is 23.0 Å². The summed E-state index contributed by atoms with van der Waals surface area (Å²) in [6.45, 7) is 3.05. The second-order valence-electron chi connectivity index (χ2n) is 3.47. The van der Waals surface area contributed by atoms with Crippen LogP contribution in [0.25, 0.3) is 0 Å². The van der Waals surface area contributed by atoms with Crippen LogP contribution in [0.3, 0.4) is 0 Å². The third kappa shape index (κ3) is 3.50. The highest BCUT2D eigenvalue weighted by Crippen LogP contribution is 2.14. The van der Waals surface area contributed by atoms with Crippen molar-refractivity contribution in [1.82, 2.24) is 4.90 Å². The highest BCUT2D eigenvalue weighted by molar-refractivity contribution is 7.80. The minimum Gasteiger partial charge on any atom is -0.392 e. The van der Waals surface area contributed by atoms with E-state index in [0.29, 0.717) is 18.1 Å². The van der Waals surface area contributed by atoms with Crippen LogP contribution in [0.2, 0.25) is 0 Å². The predicted molar refractivity (Wildman–Crippen MR) is 64.1 cm³/mol. The predicted octanol–water partition coefficient (Wildman–Crippen LogP) is 2.07. The van der Waals surface area contributed by atoms with Crippen LogP contribution < -0.4 is 5.73 Å². The van der Waals surface area contributed by atoms with Crippen LogP contribution in [0.1, 0.15) is 12.5 Å². The highest BCUT2D eigenvalue weighted by Gasteiger charge is 2.12. The topological polar surface area (TPSA) is 29.3 Å². The average Bonchev–Trinajstić information content (AvgIpc) is 2.21. The quantitative estimate of drug-likeness (QED) is 0.804. The first-order valence-corrected chi connectivity index (χ1v) is 5.39. The Balaban J connectivity index is 2.81. The van der Waals surface area contributed by atoms with E-state index in [-0.39, 0.29) is 12.1 Å². The second-order valence-corrected chi connectivity index (χ2v) is 3.99. The number of thiocarbonyl (C=S) groups is 1. The lowest BCUT2D eigenvalue weighted by atomic mass is 10.2. The number of hydrogen-bond donors (Lipinski definition) is 1. The molecule has 0 heterocycles. The van der Waals surface area contributed by atoms with Gasteiger partial charge in [-0.25, -0.2) is 8.78 Å². The molecule has 0 bridgehead atoms. The molecule has 5 heteroatoms. The molecule has 0 atom stereocenters. The fourth-order valence-electron chi connectivity index (χ4n) is 1.41. The Bertz CT molecular complexity index is 362. The summed E-state index contributed by atoms with van der Waals surface area (Å²) >= 11 is 4.77. The number of nitrogens with zero attached hydrogens (tertiary/aromatic N) is 1. The van der Waals surface area contributed by atoms with E-state index in [1.54, 1.807) is 4.90 Å². The molecule has 0 spiro atoms. The first-order valence-electron chi connectivity index (χ1n) is 4.98. The van der Waals surface area contributed by atoms with E-state index in [1.807, 2.05) is 6.92 Å². The zero-order chi connectivity index (χ0) is 12.1. The van der Waals surface area contributed by atoms with Crippen molar-refractivity contribution in [2.75, 3.05) is 13.1 Å². The number of nitrogens with two attached hydrogens (primary N) is 1. The van der Waals surface area contributed by atoms with Crippen LogP contribution in [0, 0.1) is 11.6 Å². The summed E-state index contributed by atoms with van der Waals surface area (Å²) in [4.78, 5) is 2.10. The lowest BCUT2D eigenvalue weighted by molar-refractivity contribution is 0.309. The van der Waals surface area contributed by atoms with E-state index in [1.165, 1.54) is 18.2 Å². The molecule has 0 saturated carbocycles. The standard InChI is InChI=1S/C11H14F2N2S/c1-2-15(7-11(14)16)6-8-9(12)4-3-5-10(8)13/h3-5H,2,6-7H2,1H3,(H2,14,16). The molecule has 0 aliphatic rings. The van der Waals surface area contributed by atoms with Gasteiger partial charge in [-0.2, -0.15) is 0 Å². The largest absolute Gasteiger partial charge is 0.392 e. The number of halogens is 2. The van der Waals surface area contributed by atoms with Gasteiger partial charge in [0.1, 0.15) is 11.6 Å². The lowest BCUT2D eigenvalue weighted by Gasteiger charge is -2.20. The molecular weight excluding hydrogens is 230 g/mol. The molecule has 1 aromatic carbocycles. The van der Waals surface area contributed by atoms with Gasteiger partial charge in [0.2, 0.25) is 0 Å². The Morgan fingerprint density at radius 1 is 1.38 bits per heavy atom. The van der Waals surface area contributed by atoms with E-state index in [2.05, 4.69) is 0 Å². The molecule has 88 valence electrons. The summed E-state index contributed by atoms with van der Waals surface area (Å²) in [5.74, 6) is -1.08. The third-order valence-electron chi connectivity index (χ3n) is 2.27. The Morgan fingerprint density at radius 2 is 1.94 bits per heavy atom. The van der Waals surface area contributed by atoms with Crippen molar-refractivity contribution in [2.24, 2.45) is 5.73 Å². The zero-order valence-electron chi connectivity index (χ0n) is 9.04. The van der Waals surface area contributed by atoms with Crippen molar-refractivity contribution in [3.8, 4) is 0 Å².